The summed E-state index contributed by atoms with van der Waals surface area (Å²) in [5.74, 6) is 0.148. The van der Waals surface area contributed by atoms with Gasteiger partial charge >= 0.3 is 5.69 Å². The normalized spacial score (nSPS) is 13.3. The number of aliphatic hydroxyl groups excluding tert-OH is 1. The highest BCUT2D eigenvalue weighted by Gasteiger charge is 2.24. The Bertz CT molecular complexity index is 1460. The molecule has 1 N–H and O–H groups in total. The topological polar surface area (TPSA) is 81.3 Å². The van der Waals surface area contributed by atoms with E-state index in [1.54, 1.807) is 28.8 Å². The van der Waals surface area contributed by atoms with E-state index >= 15 is 0 Å². The third-order valence-corrected chi connectivity index (χ3v) is 6.53. The van der Waals surface area contributed by atoms with Gasteiger partial charge in [0, 0.05) is 12.1 Å². The highest BCUT2D eigenvalue weighted by Crippen LogP contribution is 2.40. The smallest absolute Gasteiger partial charge is 0.331 e. The molecule has 0 saturated heterocycles. The van der Waals surface area contributed by atoms with E-state index in [2.05, 4.69) is 0 Å². The second-order valence-corrected chi connectivity index (χ2v) is 8.89. The number of carbonyl (C=O) groups is 1. The van der Waals surface area contributed by atoms with Crippen LogP contribution >= 0.6 is 0 Å². The predicted octanol–water partition coefficient (Wildman–Crippen LogP) is 3.51. The molecule has 6 heteroatoms. The summed E-state index contributed by atoms with van der Waals surface area (Å²) in [6, 6.07) is 22.5. The Morgan fingerprint density at radius 2 is 1.62 bits per heavy atom. The molecule has 1 aromatic heterocycles. The van der Waals surface area contributed by atoms with E-state index in [9.17, 15) is 14.4 Å². The molecule has 0 amide bonds. The van der Waals surface area contributed by atoms with Crippen molar-refractivity contribution >= 4 is 16.7 Å². The van der Waals surface area contributed by atoms with Crippen molar-refractivity contribution in [1.29, 1.82) is 0 Å². The van der Waals surface area contributed by atoms with Crippen LogP contribution in [-0.2, 0) is 19.5 Å². The van der Waals surface area contributed by atoms with Crippen molar-refractivity contribution in [3.05, 3.63) is 116 Å². The molecule has 1 heterocycles. The number of benzene rings is 3. The Hall–Kier alpha value is -3.77. The molecule has 5 rings (SSSR count). The van der Waals surface area contributed by atoms with Gasteiger partial charge in [-0.15, -0.1) is 0 Å². The summed E-state index contributed by atoms with van der Waals surface area (Å²) in [5.41, 5.74) is 3.52. The van der Waals surface area contributed by atoms with E-state index in [4.69, 9.17) is 5.11 Å². The molecule has 34 heavy (non-hydrogen) atoms. The first-order valence-electron chi connectivity index (χ1n) is 11.6. The molecule has 0 spiro atoms. The predicted molar refractivity (Wildman–Crippen MR) is 132 cm³/mol. The van der Waals surface area contributed by atoms with Gasteiger partial charge in [-0.1, -0.05) is 60.7 Å². The number of ketones is 1. The van der Waals surface area contributed by atoms with E-state index in [0.29, 0.717) is 35.3 Å². The minimum atomic E-state index is -0.542. The average molecular weight is 455 g/mol. The second kappa shape index (κ2) is 9.23. The number of Topliss-reactive ketones (excluding diaryl/α,β-unsaturated/α-hetero) is 1. The van der Waals surface area contributed by atoms with Gasteiger partial charge in [0.15, 0.2) is 5.78 Å². The third-order valence-electron chi connectivity index (χ3n) is 6.53. The van der Waals surface area contributed by atoms with E-state index < -0.39 is 6.61 Å². The molecule has 0 bridgehead atoms. The first-order valence-corrected chi connectivity index (χ1v) is 11.6. The summed E-state index contributed by atoms with van der Waals surface area (Å²) in [5, 5.41) is 9.62. The summed E-state index contributed by atoms with van der Waals surface area (Å²) in [6.07, 6.45) is 2.84. The minimum absolute atomic E-state index is 0.265. The zero-order valence-corrected chi connectivity index (χ0v) is 18.8. The summed E-state index contributed by atoms with van der Waals surface area (Å²) < 4.78 is 2.99. The summed E-state index contributed by atoms with van der Waals surface area (Å²) in [6.45, 7) is 0.0361. The average Bonchev–Trinajstić information content (AvgIpc) is 3.72. The Labute approximate surface area is 196 Å². The van der Waals surface area contributed by atoms with Gasteiger partial charge in [-0.3, -0.25) is 18.7 Å². The SMILES string of the molecule is O=C(CO)c1ccc(Cn2c(=O)n(CCc3ccccc3)c(=O)c3ccc(C4CC4)cc32)cc1. The van der Waals surface area contributed by atoms with Crippen LogP contribution in [0.15, 0.2) is 82.4 Å². The van der Waals surface area contributed by atoms with E-state index in [-0.39, 0.29) is 23.6 Å². The third kappa shape index (κ3) is 4.37. The van der Waals surface area contributed by atoms with Gasteiger partial charge in [-0.05, 0) is 54.0 Å². The number of carbonyl (C=O) groups excluding carboxylic acids is 1. The number of aliphatic hydroxyl groups is 1. The molecule has 0 radical (unpaired) electrons. The lowest BCUT2D eigenvalue weighted by molar-refractivity contribution is 0.0903. The molecule has 1 aliphatic rings. The maximum atomic E-state index is 13.6. The van der Waals surface area contributed by atoms with E-state index in [1.807, 2.05) is 48.5 Å². The highest BCUT2D eigenvalue weighted by atomic mass is 16.3. The van der Waals surface area contributed by atoms with Crippen molar-refractivity contribution in [2.75, 3.05) is 6.61 Å². The first kappa shape index (κ1) is 22.0. The van der Waals surface area contributed by atoms with Crippen LogP contribution in [-0.4, -0.2) is 26.6 Å². The van der Waals surface area contributed by atoms with Gasteiger partial charge in [-0.2, -0.15) is 0 Å². The Balaban J connectivity index is 1.58. The lowest BCUT2D eigenvalue weighted by atomic mass is 10.1. The van der Waals surface area contributed by atoms with Crippen molar-refractivity contribution in [2.45, 2.75) is 38.3 Å². The van der Waals surface area contributed by atoms with Crippen LogP contribution in [0.1, 0.15) is 45.8 Å². The summed E-state index contributed by atoms with van der Waals surface area (Å²) in [7, 11) is 0. The van der Waals surface area contributed by atoms with Crippen molar-refractivity contribution in [3.63, 3.8) is 0 Å². The number of hydrogen-bond donors (Lipinski definition) is 1. The number of aryl methyl sites for hydroxylation is 1. The fourth-order valence-electron chi connectivity index (χ4n) is 4.41. The molecule has 172 valence electrons. The largest absolute Gasteiger partial charge is 0.388 e. The maximum Gasteiger partial charge on any atom is 0.331 e. The fourth-order valence-corrected chi connectivity index (χ4v) is 4.41. The van der Waals surface area contributed by atoms with Crippen LogP contribution in [0, 0.1) is 0 Å². The number of rotatable bonds is 8. The highest BCUT2D eigenvalue weighted by molar-refractivity contribution is 5.96. The molecule has 1 saturated carbocycles. The minimum Gasteiger partial charge on any atom is -0.388 e. The zero-order valence-electron chi connectivity index (χ0n) is 18.8. The molecule has 3 aromatic carbocycles. The Kier molecular flexibility index (Phi) is 5.99. The van der Waals surface area contributed by atoms with E-state index in [1.165, 1.54) is 4.57 Å². The molecular formula is C28H26N2O4. The molecule has 0 atom stereocenters. The van der Waals surface area contributed by atoms with Crippen LogP contribution in [0.2, 0.25) is 0 Å². The summed E-state index contributed by atoms with van der Waals surface area (Å²) >= 11 is 0. The van der Waals surface area contributed by atoms with Gasteiger partial charge in [0.05, 0.1) is 17.4 Å². The fraction of sp³-hybridized carbons (Fsp3) is 0.250. The van der Waals surface area contributed by atoms with E-state index in [0.717, 1.165) is 29.5 Å². The number of nitrogens with zero attached hydrogens (tertiary/aromatic N) is 2. The van der Waals surface area contributed by atoms with Crippen LogP contribution in [0.4, 0.5) is 0 Å². The first-order chi connectivity index (χ1) is 16.5. The quantitative estimate of drug-likeness (QED) is 0.413. The number of aromatic nitrogens is 2. The molecule has 1 fully saturated rings. The standard InChI is InChI=1S/C28H26N2O4/c31-18-26(32)22-8-6-20(7-9-22)17-30-25-16-23(21-10-11-21)12-13-24(25)27(33)29(28(30)34)15-14-19-4-2-1-3-5-19/h1-9,12-13,16,21,31H,10-11,14-15,17-18H2. The monoisotopic (exact) mass is 454 g/mol. The van der Waals surface area contributed by atoms with Gasteiger partial charge in [0.25, 0.3) is 5.56 Å². The van der Waals surface area contributed by atoms with Crippen LogP contribution in [0.25, 0.3) is 10.9 Å². The molecule has 4 aromatic rings. The van der Waals surface area contributed by atoms with Crippen LogP contribution in [0.5, 0.6) is 0 Å². The molecule has 0 unspecified atom stereocenters. The van der Waals surface area contributed by atoms with Crippen LogP contribution < -0.4 is 11.2 Å². The molecule has 1 aliphatic carbocycles. The number of hydrogen-bond acceptors (Lipinski definition) is 4. The van der Waals surface area contributed by atoms with Gasteiger partial charge in [0.1, 0.15) is 6.61 Å². The Morgan fingerprint density at radius 3 is 2.29 bits per heavy atom. The zero-order chi connectivity index (χ0) is 23.7. The maximum absolute atomic E-state index is 13.6. The lowest BCUT2D eigenvalue weighted by Crippen LogP contribution is -2.40. The van der Waals surface area contributed by atoms with Crippen LogP contribution in [0.3, 0.4) is 0 Å². The lowest BCUT2D eigenvalue weighted by Gasteiger charge is -2.15. The summed E-state index contributed by atoms with van der Waals surface area (Å²) in [4.78, 5) is 38.6. The van der Waals surface area contributed by atoms with Crippen molar-refractivity contribution < 1.29 is 9.90 Å². The van der Waals surface area contributed by atoms with Gasteiger partial charge in [-0.25, -0.2) is 4.79 Å². The van der Waals surface area contributed by atoms with Crippen molar-refractivity contribution in [3.8, 4) is 0 Å². The second-order valence-electron chi connectivity index (χ2n) is 8.89. The Morgan fingerprint density at radius 1 is 0.882 bits per heavy atom. The van der Waals surface area contributed by atoms with Gasteiger partial charge in [0.2, 0.25) is 0 Å². The van der Waals surface area contributed by atoms with Crippen molar-refractivity contribution in [1.82, 2.24) is 9.13 Å². The number of fused-ring (bicyclic) bond motifs is 1. The molecule has 6 nitrogen and oxygen atoms in total. The molecular weight excluding hydrogens is 428 g/mol. The van der Waals surface area contributed by atoms with Gasteiger partial charge < -0.3 is 5.11 Å². The van der Waals surface area contributed by atoms with Crippen molar-refractivity contribution in [2.24, 2.45) is 0 Å². The molecule has 0 aliphatic heterocycles.